The zero-order valence-electron chi connectivity index (χ0n) is 10.8. The van der Waals surface area contributed by atoms with Crippen molar-refractivity contribution in [3.05, 3.63) is 46.8 Å². The van der Waals surface area contributed by atoms with Crippen LogP contribution in [0.3, 0.4) is 0 Å². The Morgan fingerprint density at radius 1 is 1.33 bits per heavy atom. The summed E-state index contributed by atoms with van der Waals surface area (Å²) in [4.78, 5) is 1.34. The molecule has 2 aromatic rings. The number of aryl methyl sites for hydroxylation is 1. The minimum Gasteiger partial charge on any atom is -0.327 e. The third kappa shape index (κ3) is 3.61. The Balaban J connectivity index is 2.10. The Kier molecular flexibility index (Phi) is 4.87. The van der Waals surface area contributed by atoms with Crippen LogP contribution in [0.4, 0.5) is 0 Å². The molecule has 1 aromatic carbocycles. The molecule has 2 rings (SSSR count). The van der Waals surface area contributed by atoms with E-state index in [0.29, 0.717) is 0 Å². The van der Waals surface area contributed by atoms with Crippen LogP contribution in [0.25, 0.3) is 0 Å². The molecule has 0 aliphatic heterocycles. The van der Waals surface area contributed by atoms with E-state index in [1.807, 2.05) is 11.8 Å². The van der Waals surface area contributed by atoms with Crippen LogP contribution >= 0.6 is 23.1 Å². The summed E-state index contributed by atoms with van der Waals surface area (Å²) in [5.74, 6) is 0. The van der Waals surface area contributed by atoms with Gasteiger partial charge >= 0.3 is 0 Å². The number of thiophene rings is 1. The van der Waals surface area contributed by atoms with Crippen molar-refractivity contribution in [3.63, 3.8) is 0 Å². The summed E-state index contributed by atoms with van der Waals surface area (Å²) in [5.41, 5.74) is 8.69. The lowest BCUT2D eigenvalue weighted by Gasteiger charge is -2.11. The van der Waals surface area contributed by atoms with Gasteiger partial charge in [0.25, 0.3) is 0 Å². The zero-order chi connectivity index (χ0) is 13.0. The highest BCUT2D eigenvalue weighted by atomic mass is 32.2. The van der Waals surface area contributed by atoms with Gasteiger partial charge in [-0.3, -0.25) is 0 Å². The van der Waals surface area contributed by atoms with Gasteiger partial charge < -0.3 is 5.73 Å². The van der Waals surface area contributed by atoms with E-state index in [4.69, 9.17) is 5.73 Å². The molecule has 0 saturated heterocycles. The van der Waals surface area contributed by atoms with Crippen LogP contribution in [0.2, 0.25) is 0 Å². The fraction of sp³-hybridized carbons (Fsp3) is 0.333. The van der Waals surface area contributed by atoms with Crippen LogP contribution < -0.4 is 5.73 Å². The van der Waals surface area contributed by atoms with Gasteiger partial charge in [0.2, 0.25) is 0 Å². The monoisotopic (exact) mass is 277 g/mol. The molecule has 0 aliphatic rings. The Bertz CT molecular complexity index is 491. The summed E-state index contributed by atoms with van der Waals surface area (Å²) in [7, 11) is 0. The second kappa shape index (κ2) is 6.41. The quantitative estimate of drug-likeness (QED) is 0.871. The average molecular weight is 277 g/mol. The minimum atomic E-state index is 0.278. The van der Waals surface area contributed by atoms with Crippen LogP contribution in [-0.4, -0.2) is 6.04 Å². The highest BCUT2D eigenvalue weighted by Crippen LogP contribution is 2.33. The maximum atomic E-state index is 6.00. The van der Waals surface area contributed by atoms with Crippen LogP contribution in [0.5, 0.6) is 0 Å². The highest BCUT2D eigenvalue weighted by Gasteiger charge is 2.06. The van der Waals surface area contributed by atoms with E-state index in [1.54, 1.807) is 11.3 Å². The summed E-state index contributed by atoms with van der Waals surface area (Å²) >= 11 is 3.63. The van der Waals surface area contributed by atoms with Crippen molar-refractivity contribution in [1.82, 2.24) is 0 Å². The fourth-order valence-corrected chi connectivity index (χ4v) is 3.63. The number of rotatable bonds is 5. The van der Waals surface area contributed by atoms with Crippen LogP contribution in [0.1, 0.15) is 24.5 Å². The Morgan fingerprint density at radius 3 is 2.78 bits per heavy atom. The maximum Gasteiger partial charge on any atom is 0.0646 e. The van der Waals surface area contributed by atoms with Gasteiger partial charge in [-0.2, -0.15) is 0 Å². The van der Waals surface area contributed by atoms with E-state index < -0.39 is 0 Å². The molecule has 2 N–H and O–H groups in total. The first-order valence-corrected chi connectivity index (χ1v) is 7.95. The third-order valence-corrected chi connectivity index (χ3v) is 5.18. The summed E-state index contributed by atoms with van der Waals surface area (Å²) in [6.07, 6.45) is 2.01. The van der Waals surface area contributed by atoms with Gasteiger partial charge in [0, 0.05) is 10.9 Å². The van der Waals surface area contributed by atoms with Gasteiger partial charge in [0.05, 0.1) is 4.21 Å². The van der Waals surface area contributed by atoms with E-state index in [1.165, 1.54) is 20.2 Å². The molecule has 0 fully saturated rings. The van der Waals surface area contributed by atoms with Crippen molar-refractivity contribution in [2.75, 3.05) is 0 Å². The lowest BCUT2D eigenvalue weighted by atomic mass is 10.0. The van der Waals surface area contributed by atoms with Gasteiger partial charge in [-0.25, -0.2) is 0 Å². The Labute approximate surface area is 117 Å². The molecule has 0 radical (unpaired) electrons. The van der Waals surface area contributed by atoms with Crippen molar-refractivity contribution in [3.8, 4) is 0 Å². The van der Waals surface area contributed by atoms with Gasteiger partial charge in [-0.15, -0.1) is 11.3 Å². The molecule has 0 spiro atoms. The molecule has 1 atom stereocenters. The molecule has 18 heavy (non-hydrogen) atoms. The molecule has 0 amide bonds. The Hall–Kier alpha value is -0.770. The van der Waals surface area contributed by atoms with Crippen molar-refractivity contribution in [2.24, 2.45) is 5.73 Å². The van der Waals surface area contributed by atoms with E-state index in [2.05, 4.69) is 49.6 Å². The number of hydrogen-bond acceptors (Lipinski definition) is 3. The van der Waals surface area contributed by atoms with Crippen molar-refractivity contribution in [1.29, 1.82) is 0 Å². The first kappa shape index (κ1) is 13.7. The molecular formula is C15H19NS2. The van der Waals surface area contributed by atoms with Gasteiger partial charge in [-0.1, -0.05) is 36.9 Å². The first-order valence-electron chi connectivity index (χ1n) is 6.25. The smallest absolute Gasteiger partial charge is 0.0646 e. The molecule has 1 nitrogen and oxygen atoms in total. The second-order valence-corrected chi connectivity index (χ2v) is 6.80. The first-order chi connectivity index (χ1) is 8.69. The summed E-state index contributed by atoms with van der Waals surface area (Å²) in [5, 5.41) is 2.12. The maximum absolute atomic E-state index is 6.00. The molecular weight excluding hydrogens is 258 g/mol. The highest BCUT2D eigenvalue weighted by molar-refractivity contribution is 8.01. The lowest BCUT2D eigenvalue weighted by molar-refractivity contribution is 0.646. The molecule has 1 unspecified atom stereocenters. The number of benzene rings is 1. The standard InChI is InChI=1S/C15H19NS2/c1-3-13(16)10-12-6-7-14(11(2)9-12)18-15-5-4-8-17-15/h4-9,13H,3,10,16H2,1-2H3. The van der Waals surface area contributed by atoms with Crippen molar-refractivity contribution >= 4 is 23.1 Å². The zero-order valence-corrected chi connectivity index (χ0v) is 12.5. The number of nitrogens with two attached hydrogens (primary N) is 1. The summed E-state index contributed by atoms with van der Waals surface area (Å²) < 4.78 is 1.34. The van der Waals surface area contributed by atoms with E-state index >= 15 is 0 Å². The molecule has 3 heteroatoms. The van der Waals surface area contributed by atoms with Crippen LogP contribution in [0, 0.1) is 6.92 Å². The number of hydrogen-bond donors (Lipinski definition) is 1. The minimum absolute atomic E-state index is 0.278. The van der Waals surface area contributed by atoms with Gasteiger partial charge in [-0.05, 0) is 48.4 Å². The molecule has 1 aromatic heterocycles. The second-order valence-electron chi connectivity index (χ2n) is 4.51. The predicted molar refractivity (Wildman–Crippen MR) is 81.6 cm³/mol. The summed E-state index contributed by atoms with van der Waals surface area (Å²) in [6, 6.07) is 11.2. The third-order valence-electron chi connectivity index (χ3n) is 2.97. The lowest BCUT2D eigenvalue weighted by Crippen LogP contribution is -2.21. The van der Waals surface area contributed by atoms with Crippen molar-refractivity contribution in [2.45, 2.75) is 41.8 Å². The summed E-state index contributed by atoms with van der Waals surface area (Å²) in [6.45, 7) is 4.31. The molecule has 0 aliphatic carbocycles. The molecule has 0 bridgehead atoms. The predicted octanol–water partition coefficient (Wildman–Crippen LogP) is 4.49. The van der Waals surface area contributed by atoms with Gasteiger partial charge in [0.1, 0.15) is 0 Å². The largest absolute Gasteiger partial charge is 0.327 e. The van der Waals surface area contributed by atoms with E-state index in [-0.39, 0.29) is 6.04 Å². The molecule has 1 heterocycles. The van der Waals surface area contributed by atoms with Crippen molar-refractivity contribution < 1.29 is 0 Å². The normalized spacial score (nSPS) is 12.6. The topological polar surface area (TPSA) is 26.0 Å². The Morgan fingerprint density at radius 2 is 2.17 bits per heavy atom. The van der Waals surface area contributed by atoms with Crippen LogP contribution in [-0.2, 0) is 6.42 Å². The van der Waals surface area contributed by atoms with Crippen LogP contribution in [0.15, 0.2) is 44.8 Å². The fourth-order valence-electron chi connectivity index (χ4n) is 1.83. The molecule has 0 saturated carbocycles. The SMILES string of the molecule is CCC(N)Cc1ccc(Sc2cccs2)c(C)c1. The van der Waals surface area contributed by atoms with E-state index in [9.17, 15) is 0 Å². The molecule has 96 valence electrons. The average Bonchev–Trinajstić information content (AvgIpc) is 2.85. The van der Waals surface area contributed by atoms with Gasteiger partial charge in [0.15, 0.2) is 0 Å². The van der Waals surface area contributed by atoms with E-state index in [0.717, 1.165) is 12.8 Å².